The van der Waals surface area contributed by atoms with Crippen LogP contribution in [0.4, 0.5) is 10.1 Å². The summed E-state index contributed by atoms with van der Waals surface area (Å²) in [7, 11) is 1.69. The molecule has 156 valence electrons. The number of anilines is 1. The molecule has 0 bridgehead atoms. The molecular formula is C21H20FN3O5. The number of hydrogen-bond acceptors (Lipinski definition) is 5. The summed E-state index contributed by atoms with van der Waals surface area (Å²) in [6.07, 6.45) is 0. The minimum Gasteiger partial charge on any atom is -0.479 e. The third kappa shape index (κ3) is 4.57. The Morgan fingerprint density at radius 1 is 1.03 bits per heavy atom. The number of para-hydroxylation sites is 2. The zero-order valence-corrected chi connectivity index (χ0v) is 16.4. The van der Waals surface area contributed by atoms with E-state index in [0.29, 0.717) is 11.4 Å². The maximum absolute atomic E-state index is 13.5. The summed E-state index contributed by atoms with van der Waals surface area (Å²) in [5, 5.41) is 2.48. The van der Waals surface area contributed by atoms with E-state index < -0.39 is 36.5 Å². The third-order valence-corrected chi connectivity index (χ3v) is 4.37. The molecule has 0 radical (unpaired) electrons. The molecule has 0 aliphatic rings. The van der Waals surface area contributed by atoms with Gasteiger partial charge in [0.1, 0.15) is 5.69 Å². The number of esters is 1. The predicted octanol–water partition coefficient (Wildman–Crippen LogP) is 2.18. The molecule has 8 nitrogen and oxygen atoms in total. The molecule has 1 amide bonds. The SMILES string of the molecule is Cc1c(NC(=O)COC(=O)COc2ccccc2F)c(=O)n(-c2ccccc2)n1C. The van der Waals surface area contributed by atoms with Crippen LogP contribution in [0.2, 0.25) is 0 Å². The summed E-state index contributed by atoms with van der Waals surface area (Å²) >= 11 is 0. The molecule has 2 aromatic carbocycles. The Balaban J connectivity index is 1.59. The number of amides is 1. The third-order valence-electron chi connectivity index (χ3n) is 4.37. The van der Waals surface area contributed by atoms with Gasteiger partial charge in [0.2, 0.25) is 0 Å². The van der Waals surface area contributed by atoms with Crippen LogP contribution in [0.3, 0.4) is 0 Å². The Morgan fingerprint density at radius 3 is 2.40 bits per heavy atom. The summed E-state index contributed by atoms with van der Waals surface area (Å²) in [5.74, 6) is -2.24. The number of halogens is 1. The molecule has 0 fully saturated rings. The highest BCUT2D eigenvalue weighted by Crippen LogP contribution is 2.15. The van der Waals surface area contributed by atoms with E-state index in [-0.39, 0.29) is 11.4 Å². The fraction of sp³-hybridized carbons (Fsp3) is 0.190. The van der Waals surface area contributed by atoms with Crippen LogP contribution < -0.4 is 15.6 Å². The standard InChI is InChI=1S/C21H20FN3O5/c1-14-20(21(28)25(24(14)2)15-8-4-3-5-9-15)23-18(26)12-30-19(27)13-29-17-11-7-6-10-16(17)22/h3-11H,12-13H2,1-2H3,(H,23,26). The van der Waals surface area contributed by atoms with Crippen LogP contribution in [-0.4, -0.2) is 34.5 Å². The monoisotopic (exact) mass is 413 g/mol. The number of carbonyl (C=O) groups is 2. The maximum atomic E-state index is 13.5. The van der Waals surface area contributed by atoms with Gasteiger partial charge in [-0.2, -0.15) is 0 Å². The first kappa shape index (κ1) is 20.8. The first-order valence-electron chi connectivity index (χ1n) is 9.05. The van der Waals surface area contributed by atoms with Gasteiger partial charge in [0.25, 0.3) is 11.5 Å². The van der Waals surface area contributed by atoms with Crippen LogP contribution >= 0.6 is 0 Å². The number of hydrogen-bond donors (Lipinski definition) is 1. The zero-order valence-electron chi connectivity index (χ0n) is 16.4. The molecule has 3 aromatic rings. The molecule has 9 heteroatoms. The number of carbonyl (C=O) groups excluding carboxylic acids is 2. The molecule has 0 unspecified atom stereocenters. The lowest BCUT2D eigenvalue weighted by Gasteiger charge is -2.08. The Bertz CT molecular complexity index is 1120. The van der Waals surface area contributed by atoms with Crippen molar-refractivity contribution >= 4 is 17.6 Å². The molecule has 1 aromatic heterocycles. The number of nitrogens with one attached hydrogen (secondary N) is 1. The van der Waals surface area contributed by atoms with Crippen molar-refractivity contribution in [2.24, 2.45) is 7.05 Å². The largest absolute Gasteiger partial charge is 0.479 e. The van der Waals surface area contributed by atoms with Crippen molar-refractivity contribution in [3.63, 3.8) is 0 Å². The lowest BCUT2D eigenvalue weighted by molar-refractivity contribution is -0.149. The lowest BCUT2D eigenvalue weighted by Crippen LogP contribution is -2.27. The average Bonchev–Trinajstić information content (AvgIpc) is 2.95. The second kappa shape index (κ2) is 9.08. The van der Waals surface area contributed by atoms with Crippen LogP contribution in [-0.2, 0) is 21.4 Å². The lowest BCUT2D eigenvalue weighted by atomic mass is 10.3. The first-order valence-corrected chi connectivity index (χ1v) is 9.05. The molecule has 0 saturated carbocycles. The van der Waals surface area contributed by atoms with Crippen molar-refractivity contribution in [3.8, 4) is 11.4 Å². The van der Waals surface area contributed by atoms with Crippen molar-refractivity contribution in [2.45, 2.75) is 6.92 Å². The number of benzene rings is 2. The van der Waals surface area contributed by atoms with Crippen LogP contribution in [0, 0.1) is 12.7 Å². The highest BCUT2D eigenvalue weighted by molar-refractivity contribution is 5.93. The number of ether oxygens (including phenoxy) is 2. The van der Waals surface area contributed by atoms with Gasteiger partial charge in [0, 0.05) is 7.05 Å². The quantitative estimate of drug-likeness (QED) is 0.600. The van der Waals surface area contributed by atoms with E-state index in [4.69, 9.17) is 9.47 Å². The summed E-state index contributed by atoms with van der Waals surface area (Å²) in [5.41, 5.74) is 0.852. The van der Waals surface area contributed by atoms with Gasteiger partial charge in [-0.15, -0.1) is 0 Å². The fourth-order valence-electron chi connectivity index (χ4n) is 2.77. The Morgan fingerprint density at radius 2 is 1.70 bits per heavy atom. The van der Waals surface area contributed by atoms with Gasteiger partial charge in [-0.1, -0.05) is 30.3 Å². The van der Waals surface area contributed by atoms with E-state index in [9.17, 15) is 18.8 Å². The van der Waals surface area contributed by atoms with E-state index >= 15 is 0 Å². The fourth-order valence-corrected chi connectivity index (χ4v) is 2.77. The van der Waals surface area contributed by atoms with Gasteiger partial charge < -0.3 is 14.8 Å². The van der Waals surface area contributed by atoms with E-state index in [1.165, 1.54) is 22.9 Å². The molecule has 0 aliphatic carbocycles. The minimum absolute atomic E-state index is 0.0880. The Labute approximate surface area is 171 Å². The van der Waals surface area contributed by atoms with Crippen molar-refractivity contribution in [3.05, 3.63) is 76.5 Å². The number of aromatic nitrogens is 2. The molecule has 0 aliphatic heterocycles. The van der Waals surface area contributed by atoms with Crippen molar-refractivity contribution in [1.82, 2.24) is 9.36 Å². The van der Waals surface area contributed by atoms with Crippen LogP contribution in [0.25, 0.3) is 5.69 Å². The Hall–Kier alpha value is -3.88. The van der Waals surface area contributed by atoms with Gasteiger partial charge in [0.15, 0.2) is 24.8 Å². The topological polar surface area (TPSA) is 91.6 Å². The van der Waals surface area contributed by atoms with E-state index in [2.05, 4.69) is 5.32 Å². The molecule has 30 heavy (non-hydrogen) atoms. The molecule has 3 rings (SSSR count). The normalized spacial score (nSPS) is 10.5. The van der Waals surface area contributed by atoms with Crippen molar-refractivity contribution < 1.29 is 23.5 Å². The highest BCUT2D eigenvalue weighted by Gasteiger charge is 2.19. The second-order valence-corrected chi connectivity index (χ2v) is 6.36. The molecule has 0 atom stereocenters. The molecule has 0 spiro atoms. The maximum Gasteiger partial charge on any atom is 0.344 e. The molecule has 1 N–H and O–H groups in total. The average molecular weight is 413 g/mol. The molecule has 1 heterocycles. The summed E-state index contributed by atoms with van der Waals surface area (Å²) in [6.45, 7) is 0.517. The summed E-state index contributed by atoms with van der Waals surface area (Å²) in [6, 6.07) is 14.6. The van der Waals surface area contributed by atoms with Crippen LogP contribution in [0.1, 0.15) is 5.69 Å². The van der Waals surface area contributed by atoms with Gasteiger partial charge in [-0.05, 0) is 31.2 Å². The predicted molar refractivity (Wildman–Crippen MR) is 107 cm³/mol. The Kier molecular flexibility index (Phi) is 6.31. The van der Waals surface area contributed by atoms with Gasteiger partial charge in [0.05, 0.1) is 11.4 Å². The zero-order chi connectivity index (χ0) is 21.7. The van der Waals surface area contributed by atoms with Crippen LogP contribution in [0.15, 0.2) is 59.4 Å². The van der Waals surface area contributed by atoms with Gasteiger partial charge >= 0.3 is 5.97 Å². The molecular weight excluding hydrogens is 393 g/mol. The van der Waals surface area contributed by atoms with Gasteiger partial charge in [-0.3, -0.25) is 14.3 Å². The van der Waals surface area contributed by atoms with Crippen molar-refractivity contribution in [2.75, 3.05) is 18.5 Å². The second-order valence-electron chi connectivity index (χ2n) is 6.36. The summed E-state index contributed by atoms with van der Waals surface area (Å²) in [4.78, 5) is 36.6. The first-order chi connectivity index (χ1) is 14.4. The van der Waals surface area contributed by atoms with E-state index in [1.807, 2.05) is 6.07 Å². The van der Waals surface area contributed by atoms with Crippen molar-refractivity contribution in [1.29, 1.82) is 0 Å². The van der Waals surface area contributed by atoms with Crippen LogP contribution in [0.5, 0.6) is 5.75 Å². The number of rotatable bonds is 7. The highest BCUT2D eigenvalue weighted by atomic mass is 19.1. The summed E-state index contributed by atoms with van der Waals surface area (Å²) < 4.78 is 26.3. The van der Waals surface area contributed by atoms with E-state index in [0.717, 1.165) is 0 Å². The van der Waals surface area contributed by atoms with E-state index in [1.54, 1.807) is 49.0 Å². The smallest absolute Gasteiger partial charge is 0.344 e. The molecule has 0 saturated heterocycles. The minimum atomic E-state index is -0.847. The number of nitrogens with zero attached hydrogens (tertiary/aromatic N) is 2. The van der Waals surface area contributed by atoms with Gasteiger partial charge in [-0.25, -0.2) is 13.9 Å².